The third-order valence-electron chi connectivity index (χ3n) is 6.14. The summed E-state index contributed by atoms with van der Waals surface area (Å²) in [4.78, 5) is 28.4. The van der Waals surface area contributed by atoms with Crippen molar-refractivity contribution in [1.82, 2.24) is 0 Å². The Morgan fingerprint density at radius 1 is 1.05 bits per heavy atom. The second-order valence-corrected chi connectivity index (χ2v) is 6.85. The van der Waals surface area contributed by atoms with Crippen molar-refractivity contribution in [2.75, 3.05) is 6.54 Å². The molecule has 3 saturated carbocycles. The third kappa shape index (κ3) is 2.17. The molecular weight excluding hydrogens is 252 g/mol. The van der Waals surface area contributed by atoms with E-state index in [1.54, 1.807) is 12.2 Å². The van der Waals surface area contributed by atoms with Crippen LogP contribution in [0.25, 0.3) is 0 Å². The maximum absolute atomic E-state index is 10.6. The summed E-state index contributed by atoms with van der Waals surface area (Å²) < 4.78 is 0. The SMILES string of the molecule is O=C=NCCCCC12CC(N=C=O)C(C1)C1CCCC12. The molecular formula is C16H22N2O2. The van der Waals surface area contributed by atoms with Gasteiger partial charge in [-0.05, 0) is 61.7 Å². The molecule has 3 aliphatic carbocycles. The minimum absolute atomic E-state index is 0.236. The van der Waals surface area contributed by atoms with Crippen LogP contribution in [0.1, 0.15) is 51.4 Å². The van der Waals surface area contributed by atoms with Crippen molar-refractivity contribution in [1.29, 1.82) is 0 Å². The van der Waals surface area contributed by atoms with Crippen LogP contribution < -0.4 is 0 Å². The summed E-state index contributed by atoms with van der Waals surface area (Å²) in [5.41, 5.74) is 0.418. The predicted octanol–water partition coefficient (Wildman–Crippen LogP) is 3.02. The molecule has 0 aliphatic heterocycles. The van der Waals surface area contributed by atoms with E-state index in [2.05, 4.69) is 9.98 Å². The fourth-order valence-electron chi connectivity index (χ4n) is 5.57. The summed E-state index contributed by atoms with van der Waals surface area (Å²) in [6.07, 6.45) is 13.1. The zero-order chi connectivity index (χ0) is 14.0. The normalized spacial score (nSPS) is 41.0. The Balaban J connectivity index is 1.66. The van der Waals surface area contributed by atoms with Gasteiger partial charge in [-0.3, -0.25) is 0 Å². The molecule has 0 heterocycles. The van der Waals surface area contributed by atoms with Gasteiger partial charge in [0, 0.05) is 0 Å². The van der Waals surface area contributed by atoms with Crippen LogP contribution in [0.4, 0.5) is 0 Å². The zero-order valence-electron chi connectivity index (χ0n) is 11.9. The molecule has 0 amide bonds. The Kier molecular flexibility index (Phi) is 3.87. The lowest BCUT2D eigenvalue weighted by Crippen LogP contribution is -2.33. The number of rotatable bonds is 6. The fourth-order valence-corrected chi connectivity index (χ4v) is 5.57. The smallest absolute Gasteiger partial charge is 0.211 e. The number of hydrogen-bond acceptors (Lipinski definition) is 4. The van der Waals surface area contributed by atoms with Gasteiger partial charge < -0.3 is 0 Å². The van der Waals surface area contributed by atoms with E-state index in [-0.39, 0.29) is 6.04 Å². The zero-order valence-corrected chi connectivity index (χ0v) is 11.9. The van der Waals surface area contributed by atoms with Crippen molar-refractivity contribution in [2.45, 2.75) is 57.4 Å². The lowest BCUT2D eigenvalue weighted by Gasteiger charge is -2.38. The van der Waals surface area contributed by atoms with Gasteiger partial charge in [-0.2, -0.15) is 0 Å². The van der Waals surface area contributed by atoms with Crippen molar-refractivity contribution in [3.8, 4) is 0 Å². The van der Waals surface area contributed by atoms with Crippen LogP contribution in [0.5, 0.6) is 0 Å². The van der Waals surface area contributed by atoms with Gasteiger partial charge in [0.1, 0.15) is 0 Å². The average molecular weight is 274 g/mol. The van der Waals surface area contributed by atoms with E-state index in [1.807, 2.05) is 0 Å². The molecule has 0 N–H and O–H groups in total. The Bertz CT molecular complexity index is 465. The molecule has 5 atom stereocenters. The lowest BCUT2D eigenvalue weighted by molar-refractivity contribution is 0.126. The number of aliphatic imine (C=N–C) groups is 2. The molecule has 4 nitrogen and oxygen atoms in total. The van der Waals surface area contributed by atoms with E-state index in [1.165, 1.54) is 32.1 Å². The van der Waals surface area contributed by atoms with Crippen molar-refractivity contribution >= 4 is 12.2 Å². The van der Waals surface area contributed by atoms with Crippen LogP contribution in [-0.4, -0.2) is 24.7 Å². The molecule has 5 unspecified atom stereocenters. The molecule has 2 bridgehead atoms. The van der Waals surface area contributed by atoms with Crippen molar-refractivity contribution in [3.63, 3.8) is 0 Å². The molecule has 0 aromatic rings. The van der Waals surface area contributed by atoms with Crippen LogP contribution >= 0.6 is 0 Å². The van der Waals surface area contributed by atoms with Gasteiger partial charge in [0.2, 0.25) is 12.2 Å². The molecule has 3 aliphatic rings. The van der Waals surface area contributed by atoms with Gasteiger partial charge in [-0.15, -0.1) is 0 Å². The second-order valence-electron chi connectivity index (χ2n) is 6.85. The monoisotopic (exact) mass is 274 g/mol. The summed E-state index contributed by atoms with van der Waals surface area (Å²) in [7, 11) is 0. The third-order valence-corrected chi connectivity index (χ3v) is 6.14. The quantitative estimate of drug-likeness (QED) is 0.424. The molecule has 4 heteroatoms. The van der Waals surface area contributed by atoms with E-state index in [9.17, 15) is 9.59 Å². The molecule has 0 aromatic carbocycles. The maximum Gasteiger partial charge on any atom is 0.235 e. The van der Waals surface area contributed by atoms with Gasteiger partial charge in [0.25, 0.3) is 0 Å². The highest BCUT2D eigenvalue weighted by Gasteiger charge is 2.61. The molecule has 0 radical (unpaired) electrons. The lowest BCUT2D eigenvalue weighted by atomic mass is 9.68. The number of isocyanates is 2. The summed E-state index contributed by atoms with van der Waals surface area (Å²) in [5.74, 6) is 2.30. The maximum atomic E-state index is 10.6. The van der Waals surface area contributed by atoms with E-state index in [0.717, 1.165) is 31.1 Å². The summed E-state index contributed by atoms with van der Waals surface area (Å²) in [6, 6.07) is 0.236. The molecule has 0 aromatic heterocycles. The first-order valence-electron chi connectivity index (χ1n) is 7.91. The first-order valence-corrected chi connectivity index (χ1v) is 7.91. The van der Waals surface area contributed by atoms with E-state index < -0.39 is 0 Å². The summed E-state index contributed by atoms with van der Waals surface area (Å²) in [5, 5.41) is 0. The van der Waals surface area contributed by atoms with Crippen LogP contribution in [0.3, 0.4) is 0 Å². The fraction of sp³-hybridized carbons (Fsp3) is 0.875. The Hall–Kier alpha value is -1.24. The minimum Gasteiger partial charge on any atom is -0.211 e. The van der Waals surface area contributed by atoms with Gasteiger partial charge in [0.15, 0.2) is 0 Å². The van der Waals surface area contributed by atoms with Gasteiger partial charge >= 0.3 is 0 Å². The largest absolute Gasteiger partial charge is 0.235 e. The molecule has 0 spiro atoms. The summed E-state index contributed by atoms with van der Waals surface area (Å²) in [6.45, 7) is 0.604. The van der Waals surface area contributed by atoms with Crippen molar-refractivity contribution in [2.24, 2.45) is 33.2 Å². The first-order chi connectivity index (χ1) is 9.80. The predicted molar refractivity (Wildman–Crippen MR) is 74.7 cm³/mol. The number of nitrogens with zero attached hydrogens (tertiary/aromatic N) is 2. The number of carbonyl (C=O) groups excluding carboxylic acids is 2. The highest BCUT2D eigenvalue weighted by molar-refractivity contribution is 5.34. The average Bonchev–Trinajstić information content (AvgIpc) is 3.09. The molecule has 3 fully saturated rings. The molecule has 3 rings (SSSR count). The summed E-state index contributed by atoms with van der Waals surface area (Å²) >= 11 is 0. The van der Waals surface area contributed by atoms with Crippen molar-refractivity contribution < 1.29 is 9.59 Å². The van der Waals surface area contributed by atoms with Crippen LogP contribution in [0.2, 0.25) is 0 Å². The number of unbranched alkanes of at least 4 members (excludes halogenated alkanes) is 1. The van der Waals surface area contributed by atoms with E-state index in [4.69, 9.17) is 0 Å². The van der Waals surface area contributed by atoms with Gasteiger partial charge in [-0.25, -0.2) is 19.6 Å². The van der Waals surface area contributed by atoms with Crippen LogP contribution in [0, 0.1) is 23.2 Å². The highest BCUT2D eigenvalue weighted by Crippen LogP contribution is 2.67. The topological polar surface area (TPSA) is 58.9 Å². The molecule has 108 valence electrons. The standard InChI is InChI=1S/C16H22N2O2/c19-10-17-7-2-1-6-16-8-13(15(9-16)18-11-20)12-4-3-5-14(12)16/h12-15H,1-9H2. The van der Waals surface area contributed by atoms with Gasteiger partial charge in [-0.1, -0.05) is 12.8 Å². The highest BCUT2D eigenvalue weighted by atomic mass is 16.1. The van der Waals surface area contributed by atoms with Crippen molar-refractivity contribution in [3.05, 3.63) is 0 Å². The first kappa shape index (κ1) is 13.7. The molecule has 0 saturated heterocycles. The second kappa shape index (κ2) is 5.63. The Morgan fingerprint density at radius 2 is 1.95 bits per heavy atom. The number of hydrogen-bond donors (Lipinski definition) is 0. The number of fused-ring (bicyclic) bond motifs is 5. The van der Waals surface area contributed by atoms with Gasteiger partial charge in [0.05, 0.1) is 12.6 Å². The van der Waals surface area contributed by atoms with E-state index in [0.29, 0.717) is 17.9 Å². The van der Waals surface area contributed by atoms with E-state index >= 15 is 0 Å². The minimum atomic E-state index is 0.236. The van der Waals surface area contributed by atoms with Crippen LogP contribution in [0.15, 0.2) is 9.98 Å². The Labute approximate surface area is 119 Å². The molecule has 20 heavy (non-hydrogen) atoms. The van der Waals surface area contributed by atoms with Crippen LogP contribution in [-0.2, 0) is 9.59 Å². The Morgan fingerprint density at radius 3 is 2.75 bits per heavy atom.